The van der Waals surface area contributed by atoms with Crippen molar-refractivity contribution in [1.82, 2.24) is 19.7 Å². The smallest absolute Gasteiger partial charge is 0.255 e. The third-order valence-electron chi connectivity index (χ3n) is 5.61. The summed E-state index contributed by atoms with van der Waals surface area (Å²) in [5.41, 5.74) is 4.62. The number of thiophene rings is 1. The Hall–Kier alpha value is -3.19. The summed E-state index contributed by atoms with van der Waals surface area (Å²) in [5, 5.41) is 7.42. The number of pyridine rings is 1. The summed E-state index contributed by atoms with van der Waals surface area (Å²) in [4.78, 5) is 23.7. The molecule has 4 aromatic rings. The zero-order valence-electron chi connectivity index (χ0n) is 17.1. The van der Waals surface area contributed by atoms with Crippen molar-refractivity contribution in [3.05, 3.63) is 75.7 Å². The summed E-state index contributed by atoms with van der Waals surface area (Å²) < 4.78 is 1.89. The number of nitrogens with zero attached hydrogens (tertiary/aromatic N) is 5. The Morgan fingerprint density at radius 1 is 1.17 bits per heavy atom. The van der Waals surface area contributed by atoms with Crippen LogP contribution in [0.4, 0.5) is 5.69 Å². The van der Waals surface area contributed by atoms with E-state index in [0.717, 1.165) is 23.3 Å². The van der Waals surface area contributed by atoms with Crippen LogP contribution in [0.5, 0.6) is 0 Å². The number of amides is 1. The first-order chi connectivity index (χ1) is 14.6. The van der Waals surface area contributed by atoms with E-state index >= 15 is 0 Å². The zero-order chi connectivity index (χ0) is 20.7. The normalized spacial score (nSPS) is 14.1. The van der Waals surface area contributed by atoms with Crippen LogP contribution in [0.1, 0.15) is 26.5 Å². The standard InChI is InChI=1S/C23H23N5OS/c1-16-12-19(20-13-24-28(22(20)25-16)15-18-7-5-11-30-18)23(29)27-10-9-26(2)21-8-4-3-6-17(21)14-27/h3-8,11-13H,9-10,14-15H2,1-2H3. The molecule has 0 spiro atoms. The monoisotopic (exact) mass is 417 g/mol. The molecule has 0 atom stereocenters. The Morgan fingerprint density at radius 2 is 2.03 bits per heavy atom. The molecule has 0 bridgehead atoms. The fraction of sp³-hybridized carbons (Fsp3) is 0.261. The van der Waals surface area contributed by atoms with Gasteiger partial charge in [0.1, 0.15) is 0 Å². The lowest BCUT2D eigenvalue weighted by atomic mass is 10.1. The molecule has 0 radical (unpaired) electrons. The van der Waals surface area contributed by atoms with Crippen molar-refractivity contribution >= 4 is 34.0 Å². The fourth-order valence-electron chi connectivity index (χ4n) is 4.05. The highest BCUT2D eigenvalue weighted by Crippen LogP contribution is 2.27. The van der Waals surface area contributed by atoms with Gasteiger partial charge in [0, 0.05) is 42.9 Å². The molecule has 0 aliphatic carbocycles. The Kier molecular flexibility index (Phi) is 4.75. The first kappa shape index (κ1) is 18.8. The summed E-state index contributed by atoms with van der Waals surface area (Å²) in [5.74, 6) is 0.0336. The predicted molar refractivity (Wildman–Crippen MR) is 120 cm³/mol. The number of benzene rings is 1. The molecule has 1 aliphatic rings. The molecule has 0 N–H and O–H groups in total. The van der Waals surface area contributed by atoms with Crippen molar-refractivity contribution in [2.24, 2.45) is 0 Å². The fourth-order valence-corrected chi connectivity index (χ4v) is 4.74. The number of carbonyl (C=O) groups is 1. The molecule has 0 saturated heterocycles. The van der Waals surface area contributed by atoms with Crippen LogP contribution >= 0.6 is 11.3 Å². The molecule has 3 aromatic heterocycles. The number of anilines is 1. The minimum atomic E-state index is 0.0336. The first-order valence-electron chi connectivity index (χ1n) is 10.0. The third kappa shape index (κ3) is 3.35. The Bertz CT molecular complexity index is 1210. The van der Waals surface area contributed by atoms with E-state index in [2.05, 4.69) is 40.6 Å². The third-order valence-corrected chi connectivity index (χ3v) is 6.47. The maximum atomic E-state index is 13.6. The van der Waals surface area contributed by atoms with Crippen molar-refractivity contribution < 1.29 is 4.79 Å². The Balaban J connectivity index is 1.51. The number of hydrogen-bond acceptors (Lipinski definition) is 5. The maximum absolute atomic E-state index is 13.6. The first-order valence-corrected chi connectivity index (χ1v) is 10.9. The number of likely N-dealkylation sites (N-methyl/N-ethyl adjacent to an activating group) is 1. The van der Waals surface area contributed by atoms with Crippen molar-refractivity contribution in [2.45, 2.75) is 20.0 Å². The lowest BCUT2D eigenvalue weighted by molar-refractivity contribution is 0.0753. The van der Waals surface area contributed by atoms with E-state index in [-0.39, 0.29) is 5.91 Å². The minimum Gasteiger partial charge on any atom is -0.373 e. The quantitative estimate of drug-likeness (QED) is 0.507. The Morgan fingerprint density at radius 3 is 2.87 bits per heavy atom. The summed E-state index contributed by atoms with van der Waals surface area (Å²) in [6.45, 7) is 4.67. The number of fused-ring (bicyclic) bond motifs is 2. The molecule has 30 heavy (non-hydrogen) atoms. The SMILES string of the molecule is Cc1cc(C(=O)N2CCN(C)c3ccccc3C2)c2cnn(Cc3cccs3)c2n1. The second-order valence-corrected chi connectivity index (χ2v) is 8.74. The van der Waals surface area contributed by atoms with E-state index < -0.39 is 0 Å². The molecule has 7 heteroatoms. The molecule has 5 rings (SSSR count). The van der Waals surface area contributed by atoms with Gasteiger partial charge in [-0.2, -0.15) is 5.10 Å². The highest BCUT2D eigenvalue weighted by molar-refractivity contribution is 7.09. The number of para-hydroxylation sites is 1. The van der Waals surface area contributed by atoms with E-state index in [9.17, 15) is 4.79 Å². The second-order valence-electron chi connectivity index (χ2n) is 7.71. The van der Waals surface area contributed by atoms with Crippen LogP contribution in [0.2, 0.25) is 0 Å². The van der Waals surface area contributed by atoms with Crippen molar-refractivity contribution in [3.63, 3.8) is 0 Å². The largest absolute Gasteiger partial charge is 0.373 e. The van der Waals surface area contributed by atoms with Crippen LogP contribution < -0.4 is 4.90 Å². The molecule has 1 aromatic carbocycles. The van der Waals surface area contributed by atoms with Crippen molar-refractivity contribution in [1.29, 1.82) is 0 Å². The van der Waals surface area contributed by atoms with Crippen LogP contribution in [0.3, 0.4) is 0 Å². The van der Waals surface area contributed by atoms with Gasteiger partial charge in [-0.3, -0.25) is 4.79 Å². The van der Waals surface area contributed by atoms with Crippen LogP contribution in [0.25, 0.3) is 11.0 Å². The number of aryl methyl sites for hydroxylation is 1. The number of rotatable bonds is 3. The molecule has 1 aliphatic heterocycles. The van der Waals surface area contributed by atoms with E-state index in [1.165, 1.54) is 16.1 Å². The average Bonchev–Trinajstić information content (AvgIpc) is 3.37. The molecule has 0 unspecified atom stereocenters. The number of aromatic nitrogens is 3. The maximum Gasteiger partial charge on any atom is 0.255 e. The molecular weight excluding hydrogens is 394 g/mol. The molecule has 4 heterocycles. The van der Waals surface area contributed by atoms with Gasteiger partial charge in [0.15, 0.2) is 5.65 Å². The van der Waals surface area contributed by atoms with Gasteiger partial charge in [-0.05, 0) is 36.1 Å². The van der Waals surface area contributed by atoms with Gasteiger partial charge in [0.2, 0.25) is 0 Å². The highest BCUT2D eigenvalue weighted by atomic mass is 32.1. The van der Waals surface area contributed by atoms with Crippen LogP contribution in [-0.4, -0.2) is 45.7 Å². The summed E-state index contributed by atoms with van der Waals surface area (Å²) in [7, 11) is 2.08. The topological polar surface area (TPSA) is 54.3 Å². The van der Waals surface area contributed by atoms with Gasteiger partial charge in [-0.1, -0.05) is 24.3 Å². The molecular formula is C23H23N5OS. The average molecular weight is 418 g/mol. The lowest BCUT2D eigenvalue weighted by Crippen LogP contribution is -2.34. The number of hydrogen-bond donors (Lipinski definition) is 0. The summed E-state index contributed by atoms with van der Waals surface area (Å²) in [6, 6.07) is 14.3. The van der Waals surface area contributed by atoms with E-state index in [0.29, 0.717) is 25.2 Å². The van der Waals surface area contributed by atoms with Crippen molar-refractivity contribution in [3.8, 4) is 0 Å². The predicted octanol–water partition coefficient (Wildman–Crippen LogP) is 3.94. The van der Waals surface area contributed by atoms with Crippen LogP contribution in [-0.2, 0) is 13.1 Å². The van der Waals surface area contributed by atoms with Crippen LogP contribution in [0.15, 0.2) is 54.0 Å². The number of carbonyl (C=O) groups excluding carboxylic acids is 1. The summed E-state index contributed by atoms with van der Waals surface area (Å²) in [6.07, 6.45) is 1.78. The van der Waals surface area contributed by atoms with E-state index in [1.54, 1.807) is 17.5 Å². The lowest BCUT2D eigenvalue weighted by Gasteiger charge is -2.21. The molecule has 6 nitrogen and oxygen atoms in total. The minimum absolute atomic E-state index is 0.0336. The van der Waals surface area contributed by atoms with Gasteiger partial charge in [0.25, 0.3) is 5.91 Å². The zero-order valence-corrected chi connectivity index (χ0v) is 17.9. The molecule has 1 amide bonds. The van der Waals surface area contributed by atoms with Gasteiger partial charge in [-0.15, -0.1) is 11.3 Å². The van der Waals surface area contributed by atoms with Gasteiger partial charge in [0.05, 0.1) is 23.7 Å². The molecule has 0 saturated carbocycles. The van der Waals surface area contributed by atoms with Gasteiger partial charge in [-0.25, -0.2) is 9.67 Å². The van der Waals surface area contributed by atoms with E-state index in [4.69, 9.17) is 4.98 Å². The van der Waals surface area contributed by atoms with Gasteiger partial charge >= 0.3 is 0 Å². The molecule has 0 fully saturated rings. The molecule has 152 valence electrons. The van der Waals surface area contributed by atoms with Crippen LogP contribution in [0, 0.1) is 6.92 Å². The highest BCUT2D eigenvalue weighted by Gasteiger charge is 2.25. The van der Waals surface area contributed by atoms with Gasteiger partial charge < -0.3 is 9.80 Å². The van der Waals surface area contributed by atoms with E-state index in [1.807, 2.05) is 40.8 Å². The van der Waals surface area contributed by atoms with Crippen molar-refractivity contribution in [2.75, 3.05) is 25.0 Å². The summed E-state index contributed by atoms with van der Waals surface area (Å²) >= 11 is 1.69. The second kappa shape index (κ2) is 7.57. The Labute approximate surface area is 179 Å².